The Morgan fingerprint density at radius 1 is 1.05 bits per heavy atom. The van der Waals surface area contributed by atoms with Crippen molar-refractivity contribution in [1.29, 1.82) is 0 Å². The summed E-state index contributed by atoms with van der Waals surface area (Å²) in [5, 5.41) is 2.85. The number of ether oxygens (including phenoxy) is 1. The van der Waals surface area contributed by atoms with E-state index in [0.717, 1.165) is 16.8 Å². The zero-order valence-electron chi connectivity index (χ0n) is 11.4. The molecular weight excluding hydrogens is 266 g/mol. The summed E-state index contributed by atoms with van der Waals surface area (Å²) in [4.78, 5) is 22.7. The van der Waals surface area contributed by atoms with Crippen molar-refractivity contribution in [2.45, 2.75) is 6.92 Å². The van der Waals surface area contributed by atoms with E-state index in [1.54, 1.807) is 18.2 Å². The van der Waals surface area contributed by atoms with Crippen molar-refractivity contribution in [3.05, 3.63) is 65.2 Å². The number of nitrogens with one attached hydrogen (secondary N) is 1. The minimum Gasteiger partial charge on any atom is -0.427 e. The molecule has 0 spiro atoms. The fourth-order valence-electron chi connectivity index (χ4n) is 2.25. The highest BCUT2D eigenvalue weighted by Gasteiger charge is 2.22. The maximum absolute atomic E-state index is 11.8. The first-order valence-corrected chi connectivity index (χ1v) is 6.54. The minimum atomic E-state index is -0.349. The van der Waals surface area contributed by atoms with E-state index in [1.807, 2.05) is 36.4 Å². The Bertz CT molecular complexity index is 745. The van der Waals surface area contributed by atoms with Crippen LogP contribution >= 0.6 is 0 Å². The summed E-state index contributed by atoms with van der Waals surface area (Å²) in [5.41, 5.74) is 3.26. The lowest BCUT2D eigenvalue weighted by Crippen LogP contribution is -2.11. The van der Waals surface area contributed by atoms with Gasteiger partial charge in [0.05, 0.1) is 0 Å². The van der Waals surface area contributed by atoms with Gasteiger partial charge in [-0.05, 0) is 29.8 Å². The molecule has 0 aromatic heterocycles. The van der Waals surface area contributed by atoms with Crippen LogP contribution in [0.3, 0.4) is 0 Å². The molecule has 0 aliphatic carbocycles. The fraction of sp³-hybridized carbons (Fsp3) is 0.0588. The number of esters is 1. The van der Waals surface area contributed by atoms with Gasteiger partial charge in [-0.2, -0.15) is 0 Å². The molecule has 0 radical (unpaired) electrons. The lowest BCUT2D eigenvalue weighted by molar-refractivity contribution is -0.131. The highest BCUT2D eigenvalue weighted by molar-refractivity contribution is 6.11. The lowest BCUT2D eigenvalue weighted by Gasteiger charge is -2.03. The van der Waals surface area contributed by atoms with E-state index in [2.05, 4.69) is 5.32 Å². The summed E-state index contributed by atoms with van der Waals surface area (Å²) in [7, 11) is 0. The van der Waals surface area contributed by atoms with Crippen LogP contribution in [0, 0.1) is 0 Å². The van der Waals surface area contributed by atoms with Gasteiger partial charge in [0.1, 0.15) is 5.75 Å². The average Bonchev–Trinajstić information content (AvgIpc) is 2.78. The highest BCUT2D eigenvalue weighted by Crippen LogP contribution is 2.26. The van der Waals surface area contributed by atoms with Crippen LogP contribution in [-0.2, 0) is 4.79 Å². The summed E-state index contributed by atoms with van der Waals surface area (Å²) in [6.07, 6.45) is 1.89. The minimum absolute atomic E-state index is 0.0895. The number of amides is 1. The van der Waals surface area contributed by atoms with Crippen molar-refractivity contribution in [2.24, 2.45) is 0 Å². The van der Waals surface area contributed by atoms with Crippen LogP contribution in [0.2, 0.25) is 0 Å². The van der Waals surface area contributed by atoms with E-state index in [1.165, 1.54) is 6.92 Å². The monoisotopic (exact) mass is 279 g/mol. The maximum atomic E-state index is 11.8. The summed E-state index contributed by atoms with van der Waals surface area (Å²) < 4.78 is 4.98. The zero-order chi connectivity index (χ0) is 14.8. The molecule has 1 aliphatic heterocycles. The number of benzene rings is 2. The molecule has 1 N–H and O–H groups in total. The van der Waals surface area contributed by atoms with Gasteiger partial charge in [-0.25, -0.2) is 0 Å². The number of rotatable bonds is 2. The Hall–Kier alpha value is -2.88. The molecule has 2 aromatic rings. The molecule has 0 saturated carbocycles. The molecule has 104 valence electrons. The Kier molecular flexibility index (Phi) is 3.28. The number of fused-ring (bicyclic) bond motifs is 1. The molecule has 1 aliphatic rings. The molecule has 0 atom stereocenters. The van der Waals surface area contributed by atoms with Crippen LogP contribution < -0.4 is 10.1 Å². The molecule has 4 nitrogen and oxygen atoms in total. The molecule has 1 heterocycles. The van der Waals surface area contributed by atoms with Gasteiger partial charge in [0, 0.05) is 23.7 Å². The van der Waals surface area contributed by atoms with Crippen molar-refractivity contribution >= 4 is 23.6 Å². The predicted molar refractivity (Wildman–Crippen MR) is 79.5 cm³/mol. The van der Waals surface area contributed by atoms with E-state index in [9.17, 15) is 9.59 Å². The number of carbonyl (C=O) groups is 2. The van der Waals surface area contributed by atoms with Crippen LogP contribution in [0.15, 0.2) is 48.5 Å². The zero-order valence-corrected chi connectivity index (χ0v) is 11.4. The van der Waals surface area contributed by atoms with Gasteiger partial charge in [-0.1, -0.05) is 30.3 Å². The third-order valence-corrected chi connectivity index (χ3v) is 3.16. The Labute approximate surface area is 122 Å². The normalized spacial score (nSPS) is 14.7. The van der Waals surface area contributed by atoms with E-state index < -0.39 is 0 Å². The molecule has 0 unspecified atom stereocenters. The largest absolute Gasteiger partial charge is 0.427 e. The van der Waals surface area contributed by atoms with Gasteiger partial charge in [0.2, 0.25) is 0 Å². The quantitative estimate of drug-likeness (QED) is 0.679. The Balaban J connectivity index is 1.89. The third-order valence-electron chi connectivity index (χ3n) is 3.16. The van der Waals surface area contributed by atoms with Crippen molar-refractivity contribution in [1.82, 2.24) is 5.32 Å². The Morgan fingerprint density at radius 3 is 2.38 bits per heavy atom. The van der Waals surface area contributed by atoms with Gasteiger partial charge in [-0.15, -0.1) is 0 Å². The smallest absolute Gasteiger partial charge is 0.308 e. The van der Waals surface area contributed by atoms with Crippen LogP contribution in [0.1, 0.15) is 28.4 Å². The second kappa shape index (κ2) is 5.25. The molecule has 1 amide bonds. The van der Waals surface area contributed by atoms with E-state index >= 15 is 0 Å². The van der Waals surface area contributed by atoms with E-state index in [-0.39, 0.29) is 11.9 Å². The standard InChI is InChI=1S/C17H13NO3/c1-11(19)21-13-8-6-12(7-9-13)10-16-14-4-2-3-5-15(14)17(20)18-16/h2-10H,1H3,(H,18,20)/b16-10+. The number of hydrogen-bond acceptors (Lipinski definition) is 3. The van der Waals surface area contributed by atoms with Gasteiger partial charge >= 0.3 is 5.97 Å². The molecule has 4 heteroatoms. The highest BCUT2D eigenvalue weighted by atomic mass is 16.5. The first-order valence-electron chi connectivity index (χ1n) is 6.54. The molecule has 0 saturated heterocycles. The van der Waals surface area contributed by atoms with Crippen molar-refractivity contribution in [3.63, 3.8) is 0 Å². The lowest BCUT2D eigenvalue weighted by atomic mass is 10.1. The van der Waals surface area contributed by atoms with Crippen LogP contribution in [-0.4, -0.2) is 11.9 Å². The van der Waals surface area contributed by atoms with Gasteiger partial charge in [0.25, 0.3) is 5.91 Å². The maximum Gasteiger partial charge on any atom is 0.308 e. The molecular formula is C17H13NO3. The molecule has 3 rings (SSSR count). The molecule has 21 heavy (non-hydrogen) atoms. The second-order valence-corrected chi connectivity index (χ2v) is 4.72. The van der Waals surface area contributed by atoms with Crippen LogP contribution in [0.25, 0.3) is 11.8 Å². The second-order valence-electron chi connectivity index (χ2n) is 4.72. The van der Waals surface area contributed by atoms with Crippen molar-refractivity contribution in [2.75, 3.05) is 0 Å². The first kappa shape index (κ1) is 13.1. The van der Waals surface area contributed by atoms with E-state index in [0.29, 0.717) is 11.3 Å². The number of carbonyl (C=O) groups excluding carboxylic acids is 2. The SMILES string of the molecule is CC(=O)Oc1ccc(/C=C2/NC(=O)c3ccccc32)cc1. The van der Waals surface area contributed by atoms with Gasteiger partial charge < -0.3 is 10.1 Å². The van der Waals surface area contributed by atoms with Gasteiger partial charge in [0.15, 0.2) is 0 Å². The predicted octanol–water partition coefficient (Wildman–Crippen LogP) is 2.85. The summed E-state index contributed by atoms with van der Waals surface area (Å²) in [6, 6.07) is 14.6. The third kappa shape index (κ3) is 2.69. The van der Waals surface area contributed by atoms with Crippen molar-refractivity contribution in [3.8, 4) is 5.75 Å². The number of hydrogen-bond donors (Lipinski definition) is 1. The molecule has 2 aromatic carbocycles. The van der Waals surface area contributed by atoms with Crippen LogP contribution in [0.4, 0.5) is 0 Å². The topological polar surface area (TPSA) is 55.4 Å². The molecule has 0 fully saturated rings. The average molecular weight is 279 g/mol. The first-order chi connectivity index (χ1) is 10.1. The van der Waals surface area contributed by atoms with E-state index in [4.69, 9.17) is 4.74 Å². The Morgan fingerprint density at radius 2 is 1.71 bits per heavy atom. The molecule has 0 bridgehead atoms. The van der Waals surface area contributed by atoms with Crippen molar-refractivity contribution < 1.29 is 14.3 Å². The summed E-state index contributed by atoms with van der Waals surface area (Å²) >= 11 is 0. The summed E-state index contributed by atoms with van der Waals surface area (Å²) in [6.45, 7) is 1.36. The van der Waals surface area contributed by atoms with Crippen LogP contribution in [0.5, 0.6) is 5.75 Å². The van der Waals surface area contributed by atoms with Gasteiger partial charge in [-0.3, -0.25) is 9.59 Å². The fourth-order valence-corrected chi connectivity index (χ4v) is 2.25. The summed E-state index contributed by atoms with van der Waals surface area (Å²) in [5.74, 6) is 0.0620.